The van der Waals surface area contributed by atoms with Gasteiger partial charge in [0, 0.05) is 12.4 Å². The highest BCUT2D eigenvalue weighted by molar-refractivity contribution is 5.52. The summed E-state index contributed by atoms with van der Waals surface area (Å²) in [5.41, 5.74) is 2.09. The van der Waals surface area contributed by atoms with Crippen LogP contribution in [0.2, 0.25) is 0 Å². The molecule has 0 radical (unpaired) electrons. The maximum absolute atomic E-state index is 9.12. The van der Waals surface area contributed by atoms with E-state index in [1.54, 1.807) is 19.2 Å². The van der Waals surface area contributed by atoms with Gasteiger partial charge in [-0.3, -0.25) is 0 Å². The second-order valence-corrected chi connectivity index (χ2v) is 3.64. The van der Waals surface area contributed by atoms with Crippen LogP contribution >= 0.6 is 0 Å². The first-order chi connectivity index (χ1) is 7.75. The van der Waals surface area contributed by atoms with E-state index in [-0.39, 0.29) is 0 Å². The van der Waals surface area contributed by atoms with Gasteiger partial charge in [-0.15, -0.1) is 0 Å². The Labute approximate surface area is 94.7 Å². The predicted octanol–water partition coefficient (Wildman–Crippen LogP) is 2.27. The third kappa shape index (κ3) is 2.58. The number of aliphatic hydroxyl groups excluding tert-OH is 1. The monoisotopic (exact) mass is 214 g/mol. The average molecular weight is 214 g/mol. The number of aromatic nitrogens is 2. The van der Waals surface area contributed by atoms with Crippen molar-refractivity contribution in [2.75, 3.05) is 0 Å². The van der Waals surface area contributed by atoms with E-state index in [1.165, 1.54) is 0 Å². The molecule has 0 fully saturated rings. The van der Waals surface area contributed by atoms with Gasteiger partial charge in [0.15, 0.2) is 0 Å². The first-order valence-corrected chi connectivity index (χ1v) is 5.22. The average Bonchev–Trinajstić information content (AvgIpc) is 2.80. The van der Waals surface area contributed by atoms with Crippen molar-refractivity contribution in [3.8, 4) is 5.69 Å². The Morgan fingerprint density at radius 1 is 1.31 bits per heavy atom. The zero-order chi connectivity index (χ0) is 11.4. The summed E-state index contributed by atoms with van der Waals surface area (Å²) in [6.45, 7) is 1.73. The largest absolute Gasteiger partial charge is 0.389 e. The number of hydrogen-bond acceptors (Lipinski definition) is 2. The molecule has 0 aliphatic rings. The fourth-order valence-corrected chi connectivity index (χ4v) is 1.41. The molecular weight excluding hydrogens is 200 g/mol. The Morgan fingerprint density at radius 3 is 2.62 bits per heavy atom. The van der Waals surface area contributed by atoms with Gasteiger partial charge in [0.05, 0.1) is 11.8 Å². The summed E-state index contributed by atoms with van der Waals surface area (Å²) >= 11 is 0. The fourth-order valence-electron chi connectivity index (χ4n) is 1.41. The minimum absolute atomic E-state index is 0.411. The Kier molecular flexibility index (Phi) is 3.17. The molecule has 0 saturated carbocycles. The SMILES string of the molecule is CC(O)/C=C/c1ccc(-n2cccn2)cc1. The van der Waals surface area contributed by atoms with Crippen molar-refractivity contribution in [3.05, 3.63) is 54.4 Å². The van der Waals surface area contributed by atoms with Crippen LogP contribution in [0.5, 0.6) is 0 Å². The molecule has 2 aromatic rings. The van der Waals surface area contributed by atoms with Gasteiger partial charge in [-0.1, -0.05) is 24.3 Å². The van der Waals surface area contributed by atoms with Gasteiger partial charge in [0.25, 0.3) is 0 Å². The number of hydrogen-bond donors (Lipinski definition) is 1. The van der Waals surface area contributed by atoms with E-state index in [1.807, 2.05) is 47.3 Å². The summed E-state index contributed by atoms with van der Waals surface area (Å²) in [4.78, 5) is 0. The molecule has 16 heavy (non-hydrogen) atoms. The molecule has 0 aliphatic carbocycles. The summed E-state index contributed by atoms with van der Waals surface area (Å²) in [5.74, 6) is 0. The topological polar surface area (TPSA) is 38.0 Å². The first kappa shape index (κ1) is 10.6. The molecule has 0 bridgehead atoms. The molecule has 2 rings (SSSR count). The van der Waals surface area contributed by atoms with E-state index in [4.69, 9.17) is 5.11 Å². The standard InChI is InChI=1S/C13H14N2O/c1-11(16)3-4-12-5-7-13(8-6-12)15-10-2-9-14-15/h2-11,16H,1H3/b4-3+. The van der Waals surface area contributed by atoms with Crippen LogP contribution in [0.1, 0.15) is 12.5 Å². The fraction of sp³-hybridized carbons (Fsp3) is 0.154. The molecule has 1 heterocycles. The number of nitrogens with zero attached hydrogens (tertiary/aromatic N) is 2. The van der Waals surface area contributed by atoms with Crippen molar-refractivity contribution in [3.63, 3.8) is 0 Å². The first-order valence-electron chi connectivity index (χ1n) is 5.22. The Bertz CT molecular complexity index is 455. The van der Waals surface area contributed by atoms with Crippen LogP contribution in [0.25, 0.3) is 11.8 Å². The van der Waals surface area contributed by atoms with Crippen LogP contribution in [0, 0.1) is 0 Å². The van der Waals surface area contributed by atoms with Crippen molar-refractivity contribution < 1.29 is 5.11 Å². The van der Waals surface area contributed by atoms with Gasteiger partial charge in [-0.05, 0) is 30.7 Å². The van der Waals surface area contributed by atoms with E-state index >= 15 is 0 Å². The van der Waals surface area contributed by atoms with Gasteiger partial charge < -0.3 is 5.11 Å². The maximum atomic E-state index is 9.12. The molecule has 1 aromatic heterocycles. The Balaban J connectivity index is 2.17. The zero-order valence-corrected chi connectivity index (χ0v) is 9.12. The number of benzene rings is 1. The zero-order valence-electron chi connectivity index (χ0n) is 9.12. The maximum Gasteiger partial charge on any atom is 0.0696 e. The lowest BCUT2D eigenvalue weighted by Crippen LogP contribution is -1.94. The van der Waals surface area contributed by atoms with Crippen molar-refractivity contribution in [1.29, 1.82) is 0 Å². The summed E-state index contributed by atoms with van der Waals surface area (Å²) in [6.07, 6.45) is 6.90. The lowest BCUT2D eigenvalue weighted by Gasteiger charge is -2.01. The van der Waals surface area contributed by atoms with Crippen LogP contribution in [-0.4, -0.2) is 21.0 Å². The predicted molar refractivity (Wildman–Crippen MR) is 64.3 cm³/mol. The molecule has 0 amide bonds. The lowest BCUT2D eigenvalue weighted by atomic mass is 10.2. The summed E-state index contributed by atoms with van der Waals surface area (Å²) in [7, 11) is 0. The summed E-state index contributed by atoms with van der Waals surface area (Å²) in [6, 6.07) is 9.87. The Morgan fingerprint density at radius 2 is 2.06 bits per heavy atom. The molecule has 1 atom stereocenters. The van der Waals surface area contributed by atoms with Crippen LogP contribution in [-0.2, 0) is 0 Å². The van der Waals surface area contributed by atoms with Crippen molar-refractivity contribution in [2.24, 2.45) is 0 Å². The van der Waals surface area contributed by atoms with E-state index in [0.29, 0.717) is 0 Å². The highest BCUT2D eigenvalue weighted by Gasteiger charge is 1.95. The molecule has 82 valence electrons. The minimum atomic E-state index is -0.411. The van der Waals surface area contributed by atoms with Gasteiger partial charge in [0.2, 0.25) is 0 Å². The van der Waals surface area contributed by atoms with E-state index in [9.17, 15) is 0 Å². The van der Waals surface area contributed by atoms with Gasteiger partial charge >= 0.3 is 0 Å². The summed E-state index contributed by atoms with van der Waals surface area (Å²) in [5, 5.41) is 13.3. The third-order valence-corrected chi connectivity index (χ3v) is 2.23. The van der Waals surface area contributed by atoms with E-state index < -0.39 is 6.10 Å². The molecule has 3 heteroatoms. The normalized spacial score (nSPS) is 13.1. The third-order valence-electron chi connectivity index (χ3n) is 2.23. The molecule has 3 nitrogen and oxygen atoms in total. The van der Waals surface area contributed by atoms with Crippen LogP contribution in [0.15, 0.2) is 48.8 Å². The van der Waals surface area contributed by atoms with E-state index in [2.05, 4.69) is 5.10 Å². The second kappa shape index (κ2) is 4.77. The molecular formula is C13H14N2O. The van der Waals surface area contributed by atoms with Crippen molar-refractivity contribution >= 4 is 6.08 Å². The van der Waals surface area contributed by atoms with Crippen LogP contribution in [0.4, 0.5) is 0 Å². The second-order valence-electron chi connectivity index (χ2n) is 3.64. The smallest absolute Gasteiger partial charge is 0.0696 e. The van der Waals surface area contributed by atoms with E-state index in [0.717, 1.165) is 11.3 Å². The van der Waals surface area contributed by atoms with Gasteiger partial charge in [0.1, 0.15) is 0 Å². The molecule has 1 unspecified atom stereocenters. The van der Waals surface area contributed by atoms with Crippen molar-refractivity contribution in [2.45, 2.75) is 13.0 Å². The number of aliphatic hydroxyl groups is 1. The molecule has 1 aromatic carbocycles. The molecule has 0 spiro atoms. The highest BCUT2D eigenvalue weighted by Crippen LogP contribution is 2.10. The van der Waals surface area contributed by atoms with Crippen LogP contribution < -0.4 is 0 Å². The van der Waals surface area contributed by atoms with Gasteiger partial charge in [-0.25, -0.2) is 4.68 Å². The quantitative estimate of drug-likeness (QED) is 0.851. The number of rotatable bonds is 3. The van der Waals surface area contributed by atoms with Gasteiger partial charge in [-0.2, -0.15) is 5.10 Å². The summed E-state index contributed by atoms with van der Waals surface area (Å²) < 4.78 is 1.81. The molecule has 0 aliphatic heterocycles. The lowest BCUT2D eigenvalue weighted by molar-refractivity contribution is 0.245. The highest BCUT2D eigenvalue weighted by atomic mass is 16.3. The molecule has 0 saturated heterocycles. The van der Waals surface area contributed by atoms with Crippen LogP contribution in [0.3, 0.4) is 0 Å². The Hall–Kier alpha value is -1.87. The molecule has 1 N–H and O–H groups in total. The van der Waals surface area contributed by atoms with Crippen molar-refractivity contribution in [1.82, 2.24) is 9.78 Å². The minimum Gasteiger partial charge on any atom is -0.389 e.